The summed E-state index contributed by atoms with van der Waals surface area (Å²) in [5.41, 5.74) is 0. The molecule has 0 bridgehead atoms. The van der Waals surface area contributed by atoms with E-state index < -0.39 is 5.97 Å². The summed E-state index contributed by atoms with van der Waals surface area (Å²) < 4.78 is 0. The van der Waals surface area contributed by atoms with E-state index in [1.54, 1.807) is 0 Å². The van der Waals surface area contributed by atoms with E-state index in [4.69, 9.17) is 9.90 Å². The molecule has 0 aliphatic heterocycles. The van der Waals surface area contributed by atoms with Gasteiger partial charge in [-0.25, -0.2) is 0 Å². The van der Waals surface area contributed by atoms with Gasteiger partial charge >= 0.3 is 51.4 Å². The molecule has 0 aromatic carbocycles. The van der Waals surface area contributed by atoms with Crippen molar-refractivity contribution in [2.45, 2.75) is 0 Å². The van der Waals surface area contributed by atoms with Gasteiger partial charge in [-0.15, -0.1) is 0 Å². The molecule has 0 unspecified atom stereocenters. The van der Waals surface area contributed by atoms with Crippen molar-refractivity contribution >= 4 is 5.97 Å². The number of hydrogen-bond acceptors (Lipinski definition) is 1. The summed E-state index contributed by atoms with van der Waals surface area (Å²) in [7, 11) is 0. The van der Waals surface area contributed by atoms with Gasteiger partial charge in [0.05, 0.1) is 0 Å². The number of rotatable bonds is 0. The first-order chi connectivity index (χ1) is 1.73. The summed E-state index contributed by atoms with van der Waals surface area (Å²) in [6.07, 6.45) is 0. The Balaban J connectivity index is 0. The third-order valence-corrected chi connectivity index (χ3v) is 0. The first kappa shape index (κ1) is 9.36. The van der Waals surface area contributed by atoms with Crippen LogP contribution in [0.15, 0.2) is 0 Å². The maximum atomic E-state index is 8.89. The molecule has 0 fully saturated rings. The smallest absolute Gasteiger partial charge is 0.503 e. The van der Waals surface area contributed by atoms with Gasteiger partial charge in [0.2, 0.25) is 0 Å². The van der Waals surface area contributed by atoms with E-state index in [1.807, 2.05) is 0 Å². The molecule has 0 aliphatic rings. The molecular weight excluding hydrogens is 95.1 g/mol. The van der Waals surface area contributed by atoms with Gasteiger partial charge in [-0.05, 0) is 0 Å². The molecule has 0 saturated carbocycles. The molecule has 0 atom stereocenters. The van der Waals surface area contributed by atoms with E-state index in [1.165, 1.54) is 0 Å². The molecule has 0 heterocycles. The molecule has 0 aliphatic carbocycles. The number of hydrogen-bond donors (Lipinski definition) is 1. The molecule has 2 nitrogen and oxygen atoms in total. The average molecular weight is 98.1 g/mol. The van der Waals surface area contributed by atoms with Crippen LogP contribution in [0.2, 0.25) is 0 Å². The van der Waals surface area contributed by atoms with E-state index in [-0.39, 0.29) is 51.4 Å². The quantitative estimate of drug-likeness (QED) is 0.257. The summed E-state index contributed by atoms with van der Waals surface area (Å²) in [5.74, 6) is -1.08. The standard InChI is InChI=1S/C2H3O2.K/c1-2(3)4;/h1H2,(H,3,4);/q-1;+1. The zero-order valence-electron chi connectivity index (χ0n) is 3.06. The molecule has 0 aromatic rings. The molecule has 0 saturated heterocycles. The monoisotopic (exact) mass is 98.0 g/mol. The number of carboxylic acids is 1. The second-order valence-electron chi connectivity index (χ2n) is 0.394. The number of carboxylic acid groups (broad SMARTS) is 1. The number of aliphatic carboxylic acids is 1. The second-order valence-corrected chi connectivity index (χ2v) is 0.394. The Morgan fingerprint density at radius 1 is 1.80 bits per heavy atom. The molecule has 1 N–H and O–H groups in total. The zero-order valence-corrected chi connectivity index (χ0v) is 6.19. The van der Waals surface area contributed by atoms with Gasteiger partial charge in [0.1, 0.15) is 0 Å². The van der Waals surface area contributed by atoms with Crippen molar-refractivity contribution < 1.29 is 61.3 Å². The van der Waals surface area contributed by atoms with Crippen LogP contribution in [-0.4, -0.2) is 11.1 Å². The minimum absolute atomic E-state index is 0. The van der Waals surface area contributed by atoms with Gasteiger partial charge in [-0.1, -0.05) is 0 Å². The van der Waals surface area contributed by atoms with Crippen LogP contribution in [0.4, 0.5) is 0 Å². The Hall–Kier alpha value is 0.976. The van der Waals surface area contributed by atoms with Crippen LogP contribution in [-0.2, 0) is 4.79 Å². The van der Waals surface area contributed by atoms with Crippen molar-refractivity contribution in [1.29, 1.82) is 0 Å². The van der Waals surface area contributed by atoms with E-state index in [9.17, 15) is 0 Å². The van der Waals surface area contributed by atoms with Crippen LogP contribution < -0.4 is 51.4 Å². The summed E-state index contributed by atoms with van der Waals surface area (Å²) in [6, 6.07) is 0. The fraction of sp³-hybridized carbons (Fsp3) is 0. The van der Waals surface area contributed by atoms with Crippen molar-refractivity contribution in [2.24, 2.45) is 0 Å². The summed E-state index contributed by atoms with van der Waals surface area (Å²) in [4.78, 5) is 8.89. The first-order valence-electron chi connectivity index (χ1n) is 0.781. The Bertz CT molecular complexity index is 30.6. The summed E-state index contributed by atoms with van der Waals surface area (Å²) in [6.45, 7) is 2.56. The fourth-order valence-electron chi connectivity index (χ4n) is 0. The molecule has 3 heteroatoms. The van der Waals surface area contributed by atoms with Crippen molar-refractivity contribution in [1.82, 2.24) is 0 Å². The SMILES string of the molecule is [CH2-]C(=O)O.[K+]. The van der Waals surface area contributed by atoms with Crippen molar-refractivity contribution in [3.63, 3.8) is 0 Å². The zero-order chi connectivity index (χ0) is 3.58. The Morgan fingerprint density at radius 2 is 1.80 bits per heavy atom. The Labute approximate surface area is 73.0 Å². The predicted octanol–water partition coefficient (Wildman–Crippen LogP) is -3.09. The van der Waals surface area contributed by atoms with E-state index in [0.29, 0.717) is 0 Å². The van der Waals surface area contributed by atoms with Crippen LogP contribution in [0.25, 0.3) is 0 Å². The van der Waals surface area contributed by atoms with E-state index >= 15 is 0 Å². The summed E-state index contributed by atoms with van der Waals surface area (Å²) in [5, 5.41) is 7.31. The van der Waals surface area contributed by atoms with E-state index in [0.717, 1.165) is 0 Å². The average Bonchev–Trinajstić information content (AvgIpc) is 0.811. The Morgan fingerprint density at radius 3 is 1.80 bits per heavy atom. The second kappa shape index (κ2) is 4.98. The van der Waals surface area contributed by atoms with Gasteiger partial charge in [-0.2, -0.15) is 0 Å². The minimum atomic E-state index is -1.08. The third kappa shape index (κ3) is 46.2. The van der Waals surface area contributed by atoms with Gasteiger partial charge in [-0.3, -0.25) is 11.7 Å². The van der Waals surface area contributed by atoms with Crippen molar-refractivity contribution in [3.05, 3.63) is 6.92 Å². The predicted molar refractivity (Wildman–Crippen MR) is 13.0 cm³/mol. The van der Waals surface area contributed by atoms with Gasteiger partial charge in [0.15, 0.2) is 5.97 Å². The maximum absolute atomic E-state index is 8.89. The van der Waals surface area contributed by atoms with Crippen LogP contribution in [0.3, 0.4) is 0 Å². The van der Waals surface area contributed by atoms with Gasteiger partial charge < -0.3 is 5.11 Å². The molecule has 24 valence electrons. The Kier molecular flexibility index (Phi) is 9.32. The first-order valence-corrected chi connectivity index (χ1v) is 0.781. The summed E-state index contributed by atoms with van der Waals surface area (Å²) >= 11 is 0. The molecule has 0 rings (SSSR count). The minimum Gasteiger partial charge on any atom is -0.503 e. The van der Waals surface area contributed by atoms with Crippen LogP contribution in [0.5, 0.6) is 0 Å². The molecule has 0 amide bonds. The normalized spacial score (nSPS) is 4.80. The van der Waals surface area contributed by atoms with Crippen molar-refractivity contribution in [2.75, 3.05) is 0 Å². The molecular formula is C2H3KO2. The van der Waals surface area contributed by atoms with Crippen LogP contribution in [0.1, 0.15) is 0 Å². The molecule has 0 spiro atoms. The molecule has 5 heavy (non-hydrogen) atoms. The third-order valence-electron chi connectivity index (χ3n) is 0. The molecule has 0 aromatic heterocycles. The van der Waals surface area contributed by atoms with Crippen LogP contribution >= 0.6 is 0 Å². The maximum Gasteiger partial charge on any atom is 1.00 e. The fourth-order valence-corrected chi connectivity index (χ4v) is 0. The largest absolute Gasteiger partial charge is 1.00 e. The van der Waals surface area contributed by atoms with Crippen LogP contribution in [0, 0.1) is 6.92 Å². The van der Waals surface area contributed by atoms with Gasteiger partial charge in [0, 0.05) is 0 Å². The topological polar surface area (TPSA) is 37.3 Å². The molecule has 0 radical (unpaired) electrons. The van der Waals surface area contributed by atoms with E-state index in [2.05, 4.69) is 6.92 Å². The van der Waals surface area contributed by atoms with Crippen molar-refractivity contribution in [3.8, 4) is 0 Å². The number of carbonyl (C=O) groups is 1. The van der Waals surface area contributed by atoms with Gasteiger partial charge in [0.25, 0.3) is 0 Å².